The molecular weight excluding hydrogens is 234 g/mol. The number of rotatable bonds is 6. The quantitative estimate of drug-likeness (QED) is 0.791. The number of amides is 1. The Morgan fingerprint density at radius 1 is 1.56 bits per heavy atom. The first-order valence-corrected chi connectivity index (χ1v) is 6.09. The van der Waals surface area contributed by atoms with Crippen molar-refractivity contribution in [2.45, 2.75) is 26.2 Å². The Balaban J connectivity index is 2.01. The maximum atomic E-state index is 12.2. The summed E-state index contributed by atoms with van der Waals surface area (Å²) in [6, 6.07) is 1.68. The molecule has 1 amide bonds. The fourth-order valence-electron chi connectivity index (χ4n) is 1.81. The highest BCUT2D eigenvalue weighted by Crippen LogP contribution is 2.30. The maximum absolute atomic E-state index is 12.2. The fraction of sp³-hybridized carbons (Fsp3) is 0.583. The average Bonchev–Trinajstić information content (AvgIpc) is 3.03. The van der Waals surface area contributed by atoms with Gasteiger partial charge in [-0.05, 0) is 31.7 Å². The first kappa shape index (κ1) is 12.6. The van der Waals surface area contributed by atoms with Crippen LogP contribution in [0.2, 0.25) is 0 Å². The van der Waals surface area contributed by atoms with Crippen LogP contribution >= 0.6 is 0 Å². The minimum Gasteiger partial charge on any atom is -0.481 e. The van der Waals surface area contributed by atoms with E-state index in [1.807, 2.05) is 6.92 Å². The lowest BCUT2D eigenvalue weighted by molar-refractivity contribution is -0.137. The highest BCUT2D eigenvalue weighted by Gasteiger charge is 2.28. The molecule has 18 heavy (non-hydrogen) atoms. The van der Waals surface area contributed by atoms with E-state index in [0.717, 1.165) is 18.5 Å². The van der Waals surface area contributed by atoms with Crippen molar-refractivity contribution in [2.24, 2.45) is 5.92 Å². The molecule has 0 aromatic carbocycles. The van der Waals surface area contributed by atoms with Crippen molar-refractivity contribution < 1.29 is 14.7 Å². The van der Waals surface area contributed by atoms with Gasteiger partial charge >= 0.3 is 5.97 Å². The molecule has 98 valence electrons. The monoisotopic (exact) mass is 251 g/mol. The normalized spacial score (nSPS) is 14.5. The van der Waals surface area contributed by atoms with Crippen LogP contribution in [-0.2, 0) is 4.79 Å². The van der Waals surface area contributed by atoms with Crippen LogP contribution in [0.25, 0.3) is 0 Å². The van der Waals surface area contributed by atoms with E-state index in [4.69, 9.17) is 5.11 Å². The number of nitrogens with one attached hydrogen (secondary N) is 1. The van der Waals surface area contributed by atoms with E-state index in [0.29, 0.717) is 18.2 Å². The van der Waals surface area contributed by atoms with Gasteiger partial charge in [-0.2, -0.15) is 5.10 Å². The summed E-state index contributed by atoms with van der Waals surface area (Å²) in [5.74, 6) is -0.544. The number of H-pyrrole nitrogens is 1. The SMILES string of the molecule is Cc1cc(C(=O)N(CCC(=O)O)CC2CC2)n[nH]1. The lowest BCUT2D eigenvalue weighted by atomic mass is 10.2. The van der Waals surface area contributed by atoms with E-state index in [1.165, 1.54) is 0 Å². The molecule has 1 aliphatic rings. The molecule has 0 aliphatic heterocycles. The smallest absolute Gasteiger partial charge is 0.305 e. The number of carboxylic acids is 1. The van der Waals surface area contributed by atoms with E-state index in [1.54, 1.807) is 11.0 Å². The van der Waals surface area contributed by atoms with Crippen molar-refractivity contribution in [3.63, 3.8) is 0 Å². The zero-order chi connectivity index (χ0) is 13.1. The van der Waals surface area contributed by atoms with Crippen molar-refractivity contribution in [3.8, 4) is 0 Å². The zero-order valence-corrected chi connectivity index (χ0v) is 10.3. The Labute approximate surface area is 105 Å². The van der Waals surface area contributed by atoms with Crippen LogP contribution in [-0.4, -0.2) is 45.2 Å². The van der Waals surface area contributed by atoms with Crippen LogP contribution in [0.5, 0.6) is 0 Å². The van der Waals surface area contributed by atoms with E-state index < -0.39 is 5.97 Å². The van der Waals surface area contributed by atoms with Gasteiger partial charge in [-0.1, -0.05) is 0 Å². The Morgan fingerprint density at radius 2 is 2.28 bits per heavy atom. The number of aromatic amines is 1. The summed E-state index contributed by atoms with van der Waals surface area (Å²) in [4.78, 5) is 24.4. The summed E-state index contributed by atoms with van der Waals surface area (Å²) in [6.45, 7) is 2.71. The van der Waals surface area contributed by atoms with Gasteiger partial charge in [0.15, 0.2) is 0 Å². The molecule has 6 heteroatoms. The number of nitrogens with zero attached hydrogens (tertiary/aromatic N) is 2. The van der Waals surface area contributed by atoms with Gasteiger partial charge in [-0.25, -0.2) is 0 Å². The molecule has 1 aromatic rings. The highest BCUT2D eigenvalue weighted by molar-refractivity contribution is 5.92. The first-order valence-electron chi connectivity index (χ1n) is 6.09. The molecule has 0 spiro atoms. The van der Waals surface area contributed by atoms with Gasteiger partial charge in [0, 0.05) is 18.8 Å². The van der Waals surface area contributed by atoms with Gasteiger partial charge in [0.1, 0.15) is 5.69 Å². The van der Waals surface area contributed by atoms with E-state index in [9.17, 15) is 9.59 Å². The number of aliphatic carboxylic acids is 1. The number of hydrogen-bond acceptors (Lipinski definition) is 3. The molecule has 1 fully saturated rings. The van der Waals surface area contributed by atoms with Crippen LogP contribution in [0.4, 0.5) is 0 Å². The summed E-state index contributed by atoms with van der Waals surface area (Å²) in [6.07, 6.45) is 2.22. The Kier molecular flexibility index (Phi) is 3.64. The predicted molar refractivity (Wildman–Crippen MR) is 64.2 cm³/mol. The van der Waals surface area contributed by atoms with Gasteiger partial charge in [0.2, 0.25) is 0 Å². The molecule has 0 saturated heterocycles. The maximum Gasteiger partial charge on any atom is 0.305 e. The number of carboxylic acid groups (broad SMARTS) is 1. The average molecular weight is 251 g/mol. The molecule has 0 radical (unpaired) electrons. The number of hydrogen-bond donors (Lipinski definition) is 2. The van der Waals surface area contributed by atoms with Gasteiger partial charge in [-0.3, -0.25) is 14.7 Å². The molecule has 1 aliphatic carbocycles. The lowest BCUT2D eigenvalue weighted by Gasteiger charge is -2.20. The number of aromatic nitrogens is 2. The topological polar surface area (TPSA) is 86.3 Å². The lowest BCUT2D eigenvalue weighted by Crippen LogP contribution is -2.35. The van der Waals surface area contributed by atoms with Crippen molar-refractivity contribution in [2.75, 3.05) is 13.1 Å². The minimum absolute atomic E-state index is 0.0259. The Bertz CT molecular complexity index is 451. The van der Waals surface area contributed by atoms with Crippen molar-refractivity contribution in [1.29, 1.82) is 0 Å². The minimum atomic E-state index is -0.887. The molecular formula is C12H17N3O3. The predicted octanol–water partition coefficient (Wildman–Crippen LogP) is 1.05. The summed E-state index contributed by atoms with van der Waals surface area (Å²) in [5.41, 5.74) is 1.18. The third-order valence-electron chi connectivity index (χ3n) is 2.98. The molecule has 1 heterocycles. The van der Waals surface area contributed by atoms with Crippen LogP contribution in [0.15, 0.2) is 6.07 Å². The second-order valence-corrected chi connectivity index (χ2v) is 4.77. The zero-order valence-electron chi connectivity index (χ0n) is 10.3. The van der Waals surface area contributed by atoms with Crippen LogP contribution in [0, 0.1) is 12.8 Å². The summed E-state index contributed by atoms with van der Waals surface area (Å²) >= 11 is 0. The van der Waals surface area contributed by atoms with Crippen molar-refractivity contribution in [3.05, 3.63) is 17.5 Å². The van der Waals surface area contributed by atoms with Crippen LogP contribution in [0.1, 0.15) is 35.4 Å². The molecule has 6 nitrogen and oxygen atoms in total. The summed E-state index contributed by atoms with van der Waals surface area (Å²) < 4.78 is 0. The van der Waals surface area contributed by atoms with E-state index in [-0.39, 0.29) is 18.9 Å². The highest BCUT2D eigenvalue weighted by atomic mass is 16.4. The second-order valence-electron chi connectivity index (χ2n) is 4.77. The summed E-state index contributed by atoms with van der Waals surface area (Å²) in [5, 5.41) is 15.4. The van der Waals surface area contributed by atoms with Crippen LogP contribution in [0.3, 0.4) is 0 Å². The summed E-state index contributed by atoms with van der Waals surface area (Å²) in [7, 11) is 0. The standard InChI is InChI=1S/C12H17N3O3/c1-8-6-10(14-13-8)12(18)15(5-4-11(16)17)7-9-2-3-9/h6,9H,2-5,7H2,1H3,(H,13,14)(H,16,17). The second kappa shape index (κ2) is 5.20. The van der Waals surface area contributed by atoms with Crippen molar-refractivity contribution >= 4 is 11.9 Å². The van der Waals surface area contributed by atoms with E-state index in [2.05, 4.69) is 10.2 Å². The molecule has 2 N–H and O–H groups in total. The number of aryl methyl sites for hydroxylation is 1. The Hall–Kier alpha value is -1.85. The molecule has 1 aromatic heterocycles. The third-order valence-corrected chi connectivity index (χ3v) is 2.98. The first-order chi connectivity index (χ1) is 8.56. The van der Waals surface area contributed by atoms with Gasteiger partial charge in [0.25, 0.3) is 5.91 Å². The number of carbonyl (C=O) groups is 2. The molecule has 0 atom stereocenters. The molecule has 0 unspecified atom stereocenters. The van der Waals surface area contributed by atoms with E-state index >= 15 is 0 Å². The van der Waals surface area contributed by atoms with Crippen LogP contribution < -0.4 is 0 Å². The van der Waals surface area contributed by atoms with Gasteiger partial charge in [-0.15, -0.1) is 0 Å². The largest absolute Gasteiger partial charge is 0.481 e. The molecule has 0 bridgehead atoms. The molecule has 2 rings (SSSR count). The van der Waals surface area contributed by atoms with Gasteiger partial charge < -0.3 is 10.0 Å². The van der Waals surface area contributed by atoms with Crippen molar-refractivity contribution in [1.82, 2.24) is 15.1 Å². The molecule has 1 saturated carbocycles. The third kappa shape index (κ3) is 3.32. The fourth-order valence-corrected chi connectivity index (χ4v) is 1.81. The van der Waals surface area contributed by atoms with Gasteiger partial charge in [0.05, 0.1) is 6.42 Å². The number of carbonyl (C=O) groups excluding carboxylic acids is 1. The Morgan fingerprint density at radius 3 is 2.78 bits per heavy atom.